The van der Waals surface area contributed by atoms with Crippen LogP contribution in [0.1, 0.15) is 122 Å². The Hall–Kier alpha value is -10.5. The van der Waals surface area contributed by atoms with Crippen molar-refractivity contribution in [1.29, 1.82) is 0 Å². The summed E-state index contributed by atoms with van der Waals surface area (Å²) < 4.78 is 21.6. The van der Waals surface area contributed by atoms with Crippen molar-refractivity contribution in [1.82, 2.24) is 15.0 Å². The van der Waals surface area contributed by atoms with E-state index >= 15 is 0 Å². The van der Waals surface area contributed by atoms with Crippen molar-refractivity contribution in [3.63, 3.8) is 0 Å². The van der Waals surface area contributed by atoms with Crippen LogP contribution in [0, 0.1) is 56.3 Å². The van der Waals surface area contributed by atoms with Crippen molar-refractivity contribution < 1.29 is 69.1 Å². The summed E-state index contributed by atoms with van der Waals surface area (Å²) in [6.45, 7) is 25.7. The fourth-order valence-corrected chi connectivity index (χ4v) is 24.9. The molecule has 0 atom stereocenters. The summed E-state index contributed by atoms with van der Waals surface area (Å²) in [7, 11) is 12.1. The number of phenolic OH excluding ortho intramolecular Hbond substituents is 3. The second-order valence-corrected chi connectivity index (χ2v) is 45.6. The molecule has 19 rings (SSSR count). The molecule has 0 amide bonds. The second kappa shape index (κ2) is 53.1. The normalized spacial score (nSPS) is 14.5. The molecule has 0 aliphatic heterocycles. The molecule has 137 heavy (non-hydrogen) atoms. The summed E-state index contributed by atoms with van der Waals surface area (Å²) in [6, 6.07) is 106. The zero-order valence-electron chi connectivity index (χ0n) is 82.1. The van der Waals surface area contributed by atoms with Crippen LogP contribution in [0.5, 0.6) is 17.2 Å². The van der Waals surface area contributed by atoms with Gasteiger partial charge in [0.1, 0.15) is 17.2 Å². The average molecular weight is 2330 g/mol. The minimum atomic E-state index is -0.850. The van der Waals surface area contributed by atoms with Crippen LogP contribution in [-0.4, -0.2) is 76.3 Å². The molecule has 3 N–H and O–H groups in total. The van der Waals surface area contributed by atoms with E-state index in [2.05, 4.69) is 136 Å². The zero-order valence-corrected chi connectivity index (χ0v) is 93.0. The van der Waals surface area contributed by atoms with Crippen LogP contribution in [0.25, 0.3) is 66.8 Å². The van der Waals surface area contributed by atoms with Gasteiger partial charge in [0.15, 0.2) is 0 Å². The van der Waals surface area contributed by atoms with Crippen LogP contribution in [0.3, 0.4) is 0 Å². The van der Waals surface area contributed by atoms with Gasteiger partial charge >= 0.3 is 361 Å². The van der Waals surface area contributed by atoms with Gasteiger partial charge in [0.05, 0.1) is 0 Å². The number of phenols is 3. The quantitative estimate of drug-likeness (QED) is 0.0904. The van der Waals surface area contributed by atoms with Crippen LogP contribution < -0.4 is 29.7 Å². The Morgan fingerprint density at radius 3 is 0.788 bits per heavy atom. The number of hydrogen-bond donors (Lipinski definition) is 3. The Labute approximate surface area is 859 Å². The summed E-state index contributed by atoms with van der Waals surface area (Å²) in [4.78, 5) is 18.1. The molecule has 12 nitrogen and oxygen atoms in total. The fourth-order valence-electron chi connectivity index (χ4n) is 16.1. The minimum absolute atomic E-state index is 0.176. The van der Waals surface area contributed by atoms with Crippen LogP contribution in [0.4, 0.5) is 28.4 Å². The first-order valence-electron chi connectivity index (χ1n) is 46.1. The zero-order chi connectivity index (χ0) is 98.8. The van der Waals surface area contributed by atoms with Crippen LogP contribution >= 0.6 is 46.4 Å². The second-order valence-electron chi connectivity index (χ2n) is 37.9. The summed E-state index contributed by atoms with van der Waals surface area (Å²) in [6.07, 6.45) is 12.3. The van der Waals surface area contributed by atoms with Gasteiger partial charge in [0, 0.05) is 92.7 Å². The molecule has 3 aromatic heterocycles. The van der Waals surface area contributed by atoms with Gasteiger partial charge in [-0.05, 0) is 69.8 Å². The molecule has 15 aromatic rings. The van der Waals surface area contributed by atoms with Gasteiger partial charge < -0.3 is 45.0 Å². The van der Waals surface area contributed by atoms with Crippen molar-refractivity contribution >= 4 is 88.0 Å². The number of rotatable bonds is 14. The van der Waals surface area contributed by atoms with Crippen LogP contribution in [0.2, 0.25) is 20.1 Å². The van der Waals surface area contributed by atoms with E-state index in [1.807, 2.05) is 361 Å². The van der Waals surface area contributed by atoms with E-state index in [-0.39, 0.29) is 34.2 Å². The molecule has 714 valence electrons. The molecule has 0 radical (unpaired) electrons. The van der Waals surface area contributed by atoms with E-state index < -0.39 is 35.8 Å². The Balaban J connectivity index is 0.000000164. The third kappa shape index (κ3) is 34.5. The van der Waals surface area contributed by atoms with Gasteiger partial charge in [-0.15, -0.1) is 0 Å². The molecule has 4 aliphatic rings. The number of aryl methyl sites for hydroxylation is 4. The maximum absolute atomic E-state index is 10.8. The largest absolute Gasteiger partial charge is 0.670 e. The monoisotopic (exact) mass is 2330 g/mol. The van der Waals surface area contributed by atoms with Gasteiger partial charge in [-0.1, -0.05) is 246 Å². The van der Waals surface area contributed by atoms with Gasteiger partial charge in [-0.2, -0.15) is 35.2 Å². The third-order valence-electron chi connectivity index (χ3n) is 22.7. The molecule has 4 bridgehead atoms. The van der Waals surface area contributed by atoms with Crippen molar-refractivity contribution in [3.05, 3.63) is 382 Å². The fraction of sp³-hybridized carbons (Fsp3) is 0.263. The molecular formula is C118H130Cl4MoN9O3W2-3. The van der Waals surface area contributed by atoms with E-state index in [1.54, 1.807) is 12.4 Å². The third-order valence-corrected chi connectivity index (χ3v) is 34.8. The Bertz CT molecular complexity index is 5730. The predicted octanol–water partition coefficient (Wildman–Crippen LogP) is 32.0. The van der Waals surface area contributed by atoms with E-state index in [4.69, 9.17) is 49.9 Å². The maximum atomic E-state index is 10.8. The molecular weight excluding hydrogens is 2200 g/mol. The topological polar surface area (TPSA) is 150 Å². The smallest absolute Gasteiger partial charge is 0.131 e. The number of anilines is 3. The Kier molecular flexibility index (Phi) is 42.0. The van der Waals surface area contributed by atoms with Gasteiger partial charge in [-0.25, -0.2) is 0 Å². The number of halogens is 4. The summed E-state index contributed by atoms with van der Waals surface area (Å²) in [5.41, 5.74) is 22.8. The Morgan fingerprint density at radius 2 is 0.584 bits per heavy atom. The maximum Gasteiger partial charge on any atom is 0.131 e. The molecule has 0 spiro atoms. The molecule has 4 fully saturated rings. The van der Waals surface area contributed by atoms with Crippen LogP contribution in [0.15, 0.2) is 344 Å². The van der Waals surface area contributed by atoms with E-state index in [9.17, 15) is 15.3 Å². The van der Waals surface area contributed by atoms with Crippen molar-refractivity contribution in [2.45, 2.75) is 133 Å². The first-order valence-corrected chi connectivity index (χ1v) is 55.7. The number of benzene rings is 12. The standard InChI is InChI=1S/3C20H19NO.C10H15N.C10H12.2C6H3Cl2N.2C6H8N.2C5H10.C4H4N.Mo.2W/c3*1-21(2)17-13-18(15-9-5-3-6-10-15)20(22)19(14-17)16-11-7-4-8-12-16;11-10-4-7-1-8(5-10)3-9(2-7)6-10;1-10(2,3)9-7-5-4-6-8-9;2*7-4-2-1-3-5(8)6(4)9;2*1-5-3-4-6(2)7-5;2*1-5(2,3)4;1-2-4-5-3-1;;;/h3*3-14,22H,1-2H3;7-9H,1-6H2;1,4-8H,2-3H3;2*1-3H;2*3-4H,1-2H3;2*1H,2-4H3;1-4H;;;/q;;;;;;;2*-1;;;-1;;;. The van der Waals surface area contributed by atoms with Crippen molar-refractivity contribution in [3.8, 4) is 84.0 Å². The predicted molar refractivity (Wildman–Crippen MR) is 575 cm³/mol. The molecule has 0 unspecified atom stereocenters. The molecule has 19 heteroatoms. The van der Waals surface area contributed by atoms with E-state index in [1.165, 1.54) is 44.1 Å². The summed E-state index contributed by atoms with van der Waals surface area (Å²) in [5, 5.41) is 34.9. The summed E-state index contributed by atoms with van der Waals surface area (Å²) >= 11 is 22.0. The SMILES string of the molecule is CC(C)(C)[CH]=[W]=[N]c1c(Cl)cccc1Cl.CC(C)(C)[CH]=[W]=[N]c1c(Cl)cccc1Cl.CC(C)([CH]=[Mo]=[N]C12CC3CC(CC(C3)C1)C2)c1ccccc1.CN(C)c1cc(-c2ccccc2)c(O)c(-c2ccccc2)c1.CN(C)c1cc(-c2ccccc2)c(O)c(-c2ccccc2)c1.CN(C)c1cc(-c2ccccc2)c(O)c(-c2ccccc2)c1.Cc1ccc(C)[n-]1.Cc1ccc(C)[n-]1.c1cc[n-]c1. The van der Waals surface area contributed by atoms with E-state index in [0.29, 0.717) is 42.9 Å². The molecule has 0 saturated heterocycles. The number of aromatic nitrogens is 3. The van der Waals surface area contributed by atoms with Crippen LogP contribution in [-0.2, 0) is 59.2 Å². The molecule has 3 heterocycles. The number of aromatic hydroxyl groups is 3. The average Bonchev–Trinajstić information content (AvgIpc) is 1.09. The first kappa shape index (κ1) is 109. The molecule has 4 aliphatic carbocycles. The minimum Gasteiger partial charge on any atom is -0.670 e. The Morgan fingerprint density at radius 1 is 0.343 bits per heavy atom. The van der Waals surface area contributed by atoms with E-state index in [0.717, 1.165) is 136 Å². The number of nitrogens with zero attached hydrogens (tertiary/aromatic N) is 9. The van der Waals surface area contributed by atoms with Gasteiger partial charge in [0.2, 0.25) is 0 Å². The van der Waals surface area contributed by atoms with Gasteiger partial charge in [0.25, 0.3) is 0 Å². The van der Waals surface area contributed by atoms with Crippen molar-refractivity contribution in [2.24, 2.45) is 39.1 Å². The van der Waals surface area contributed by atoms with Crippen molar-refractivity contribution in [2.75, 3.05) is 57.0 Å². The summed E-state index contributed by atoms with van der Waals surface area (Å²) in [5.74, 6) is 4.02. The molecule has 12 aromatic carbocycles. The van der Waals surface area contributed by atoms with Gasteiger partial charge in [-0.3, -0.25) is 0 Å². The molecule has 4 saturated carbocycles. The number of hydrogen-bond acceptors (Lipinski definition) is 9. The first-order chi connectivity index (χ1) is 65.4.